The lowest BCUT2D eigenvalue weighted by Crippen LogP contribution is -2.47. The van der Waals surface area contributed by atoms with E-state index in [-0.39, 0.29) is 17.9 Å². The van der Waals surface area contributed by atoms with Gasteiger partial charge in [0, 0.05) is 11.9 Å². The summed E-state index contributed by atoms with van der Waals surface area (Å²) in [6, 6.07) is 16.3. The van der Waals surface area contributed by atoms with Gasteiger partial charge in [-0.05, 0) is 25.0 Å². The fraction of sp³-hybridized carbons (Fsp3) is 0.333. The van der Waals surface area contributed by atoms with E-state index in [1.165, 1.54) is 4.68 Å². The van der Waals surface area contributed by atoms with Crippen molar-refractivity contribution in [3.05, 3.63) is 76.2 Å². The highest BCUT2D eigenvalue weighted by atomic mass is 16.5. The maximum Gasteiger partial charge on any atom is 0.290 e. The lowest BCUT2D eigenvalue weighted by Gasteiger charge is -2.15. The third-order valence-electron chi connectivity index (χ3n) is 5.07. The van der Waals surface area contributed by atoms with Crippen LogP contribution in [0.3, 0.4) is 0 Å². The van der Waals surface area contributed by atoms with E-state index in [4.69, 9.17) is 4.74 Å². The van der Waals surface area contributed by atoms with Gasteiger partial charge in [-0.3, -0.25) is 25.2 Å². The van der Waals surface area contributed by atoms with Crippen molar-refractivity contribution in [2.45, 2.75) is 52.4 Å². The number of hydrogen-bond acceptors (Lipinski definition) is 5. The summed E-state index contributed by atoms with van der Waals surface area (Å²) in [5.41, 5.74) is 5.55. The Morgan fingerprint density at radius 2 is 1.69 bits per heavy atom. The van der Waals surface area contributed by atoms with E-state index in [9.17, 15) is 14.4 Å². The SMILES string of the molecule is CCCCCn1nc(C(=O)NNC(=O)C(C)OCc2ccccc2)c2ccccc2c1=O. The predicted octanol–water partition coefficient (Wildman–Crippen LogP) is 2.95. The van der Waals surface area contributed by atoms with Gasteiger partial charge in [0.1, 0.15) is 6.10 Å². The molecule has 0 saturated heterocycles. The number of aromatic nitrogens is 2. The number of aryl methyl sites for hydroxylation is 1. The molecule has 3 rings (SSSR count). The van der Waals surface area contributed by atoms with Crippen LogP contribution in [-0.2, 0) is 22.7 Å². The fourth-order valence-corrected chi connectivity index (χ4v) is 3.22. The predicted molar refractivity (Wildman–Crippen MR) is 122 cm³/mol. The second kappa shape index (κ2) is 11.2. The Balaban J connectivity index is 1.68. The van der Waals surface area contributed by atoms with Crippen LogP contribution in [0.4, 0.5) is 0 Å². The summed E-state index contributed by atoms with van der Waals surface area (Å²) >= 11 is 0. The van der Waals surface area contributed by atoms with Crippen molar-refractivity contribution in [3.8, 4) is 0 Å². The van der Waals surface area contributed by atoms with E-state index >= 15 is 0 Å². The minimum absolute atomic E-state index is 0.0786. The first kappa shape index (κ1) is 23.1. The molecule has 32 heavy (non-hydrogen) atoms. The molecular weight excluding hydrogens is 408 g/mol. The summed E-state index contributed by atoms with van der Waals surface area (Å²) in [6.07, 6.45) is 1.98. The molecule has 0 radical (unpaired) electrons. The van der Waals surface area contributed by atoms with Gasteiger partial charge >= 0.3 is 0 Å². The monoisotopic (exact) mass is 436 g/mol. The summed E-state index contributed by atoms with van der Waals surface area (Å²) in [4.78, 5) is 37.9. The van der Waals surface area contributed by atoms with E-state index in [1.807, 2.05) is 30.3 Å². The number of fused-ring (bicyclic) bond motifs is 1. The molecule has 8 nitrogen and oxygen atoms in total. The Bertz CT molecular complexity index is 1130. The van der Waals surface area contributed by atoms with Crippen molar-refractivity contribution in [2.24, 2.45) is 0 Å². The highest BCUT2D eigenvalue weighted by Gasteiger charge is 2.19. The lowest BCUT2D eigenvalue weighted by molar-refractivity contribution is -0.133. The number of unbranched alkanes of at least 4 members (excludes halogenated alkanes) is 2. The number of carbonyl (C=O) groups is 2. The van der Waals surface area contributed by atoms with Crippen molar-refractivity contribution in [2.75, 3.05) is 0 Å². The smallest absolute Gasteiger partial charge is 0.290 e. The number of amides is 2. The van der Waals surface area contributed by atoms with E-state index in [0.29, 0.717) is 17.3 Å². The molecule has 2 N–H and O–H groups in total. The minimum Gasteiger partial charge on any atom is -0.364 e. The molecule has 0 saturated carbocycles. The number of rotatable bonds is 9. The maximum absolute atomic E-state index is 12.8. The second-order valence-corrected chi connectivity index (χ2v) is 7.51. The number of hydrogen-bond donors (Lipinski definition) is 2. The third kappa shape index (κ3) is 5.79. The molecule has 8 heteroatoms. The lowest BCUT2D eigenvalue weighted by atomic mass is 10.1. The fourth-order valence-electron chi connectivity index (χ4n) is 3.22. The highest BCUT2D eigenvalue weighted by Crippen LogP contribution is 2.13. The van der Waals surface area contributed by atoms with Gasteiger partial charge in [-0.25, -0.2) is 4.68 Å². The molecule has 2 aromatic carbocycles. The number of ether oxygens (including phenoxy) is 1. The quantitative estimate of drug-likeness (QED) is 0.397. The highest BCUT2D eigenvalue weighted by molar-refractivity contribution is 6.05. The van der Waals surface area contributed by atoms with Crippen molar-refractivity contribution >= 4 is 22.6 Å². The van der Waals surface area contributed by atoms with E-state index < -0.39 is 17.9 Å². The molecule has 0 fully saturated rings. The summed E-state index contributed by atoms with van der Waals surface area (Å²) in [5.74, 6) is -1.09. The van der Waals surface area contributed by atoms with Crippen molar-refractivity contribution in [1.82, 2.24) is 20.6 Å². The molecule has 1 unspecified atom stereocenters. The van der Waals surface area contributed by atoms with Crippen molar-refractivity contribution < 1.29 is 14.3 Å². The van der Waals surface area contributed by atoms with E-state index in [2.05, 4.69) is 22.9 Å². The molecule has 3 aromatic rings. The Kier molecular flexibility index (Phi) is 8.10. The number of carbonyl (C=O) groups excluding carboxylic acids is 2. The molecule has 168 valence electrons. The number of nitrogens with one attached hydrogen (secondary N) is 2. The van der Waals surface area contributed by atoms with Gasteiger partial charge in [-0.15, -0.1) is 0 Å². The van der Waals surface area contributed by atoms with Crippen LogP contribution in [0.2, 0.25) is 0 Å². The molecule has 0 aliphatic heterocycles. The number of benzene rings is 2. The summed E-state index contributed by atoms with van der Waals surface area (Å²) < 4.78 is 6.88. The maximum atomic E-state index is 12.8. The molecule has 0 aliphatic carbocycles. The van der Waals surface area contributed by atoms with Gasteiger partial charge in [-0.1, -0.05) is 68.3 Å². The van der Waals surface area contributed by atoms with Gasteiger partial charge in [0.15, 0.2) is 5.69 Å². The van der Waals surface area contributed by atoms with Gasteiger partial charge in [0.2, 0.25) is 0 Å². The molecule has 0 aliphatic rings. The van der Waals surface area contributed by atoms with Gasteiger partial charge in [0.25, 0.3) is 17.4 Å². The van der Waals surface area contributed by atoms with Crippen LogP contribution in [0.15, 0.2) is 59.4 Å². The molecule has 1 aromatic heterocycles. The first-order valence-electron chi connectivity index (χ1n) is 10.8. The minimum atomic E-state index is -0.775. The van der Waals surface area contributed by atoms with Gasteiger partial charge in [0.05, 0.1) is 12.0 Å². The normalized spacial score (nSPS) is 11.8. The zero-order valence-electron chi connectivity index (χ0n) is 18.3. The Hall–Kier alpha value is -3.52. The first-order valence-corrected chi connectivity index (χ1v) is 10.8. The Morgan fingerprint density at radius 1 is 1.00 bits per heavy atom. The third-order valence-corrected chi connectivity index (χ3v) is 5.07. The van der Waals surface area contributed by atoms with Crippen LogP contribution in [0, 0.1) is 0 Å². The van der Waals surface area contributed by atoms with Gasteiger partial charge in [-0.2, -0.15) is 5.10 Å². The van der Waals surface area contributed by atoms with Crippen molar-refractivity contribution in [3.63, 3.8) is 0 Å². The Labute approximate surface area is 186 Å². The summed E-state index contributed by atoms with van der Waals surface area (Å²) in [6.45, 7) is 4.38. The van der Waals surface area contributed by atoms with E-state index in [0.717, 1.165) is 24.8 Å². The molecule has 1 atom stereocenters. The topological polar surface area (TPSA) is 102 Å². The summed E-state index contributed by atoms with van der Waals surface area (Å²) in [5, 5.41) is 5.13. The van der Waals surface area contributed by atoms with Gasteiger partial charge < -0.3 is 4.74 Å². The molecule has 1 heterocycles. The standard InChI is InChI=1S/C24H28N4O4/c1-3-4-10-15-28-24(31)20-14-9-8-13-19(20)21(27-28)23(30)26-25-22(29)17(2)32-16-18-11-6-5-7-12-18/h5-9,11-14,17H,3-4,10,15-16H2,1-2H3,(H,25,29)(H,26,30). The van der Waals surface area contributed by atoms with Crippen molar-refractivity contribution in [1.29, 1.82) is 0 Å². The zero-order chi connectivity index (χ0) is 22.9. The summed E-state index contributed by atoms with van der Waals surface area (Å²) in [7, 11) is 0. The average molecular weight is 437 g/mol. The molecular formula is C24H28N4O4. The molecule has 0 spiro atoms. The Morgan fingerprint density at radius 3 is 2.41 bits per heavy atom. The first-order chi connectivity index (χ1) is 15.5. The largest absolute Gasteiger partial charge is 0.364 e. The molecule has 0 bridgehead atoms. The number of hydrazine groups is 1. The number of nitrogens with zero attached hydrogens (tertiary/aromatic N) is 2. The van der Waals surface area contributed by atoms with Crippen LogP contribution < -0.4 is 16.4 Å². The van der Waals surface area contributed by atoms with E-state index in [1.54, 1.807) is 31.2 Å². The molecule has 2 amide bonds. The zero-order valence-corrected chi connectivity index (χ0v) is 18.3. The van der Waals surface area contributed by atoms with Crippen LogP contribution in [0.25, 0.3) is 10.8 Å². The van der Waals surface area contributed by atoms with Crippen LogP contribution in [0.1, 0.15) is 49.2 Å². The second-order valence-electron chi connectivity index (χ2n) is 7.51. The van der Waals surface area contributed by atoms with Crippen LogP contribution >= 0.6 is 0 Å². The van der Waals surface area contributed by atoms with Crippen LogP contribution in [0.5, 0.6) is 0 Å². The average Bonchev–Trinajstić information content (AvgIpc) is 2.83. The van der Waals surface area contributed by atoms with Crippen LogP contribution in [-0.4, -0.2) is 27.7 Å².